The van der Waals surface area contributed by atoms with E-state index in [2.05, 4.69) is 22.5 Å². The first-order chi connectivity index (χ1) is 10.4. The molecule has 1 fully saturated rings. The number of methoxy groups -OCH3 is 1. The van der Waals surface area contributed by atoms with Gasteiger partial charge in [-0.05, 0) is 47.8 Å². The monoisotopic (exact) mass is 365 g/mol. The van der Waals surface area contributed by atoms with Crippen LogP contribution in [0.2, 0.25) is 0 Å². The molecule has 22 heavy (non-hydrogen) atoms. The summed E-state index contributed by atoms with van der Waals surface area (Å²) in [6.45, 7) is 6.32. The summed E-state index contributed by atoms with van der Waals surface area (Å²) in [5.74, 6) is -0.523. The molecule has 118 valence electrons. The van der Waals surface area contributed by atoms with E-state index in [0.717, 1.165) is 16.5 Å². The highest BCUT2D eigenvalue weighted by Gasteiger charge is 2.50. The number of likely N-dealkylation sites (tertiary alicyclic amines) is 1. The number of carbonyl (C=O) groups is 2. The van der Waals surface area contributed by atoms with Crippen molar-refractivity contribution in [3.8, 4) is 0 Å². The molecule has 1 aliphatic heterocycles. The van der Waals surface area contributed by atoms with Crippen LogP contribution in [-0.4, -0.2) is 36.0 Å². The van der Waals surface area contributed by atoms with E-state index in [9.17, 15) is 9.59 Å². The maximum absolute atomic E-state index is 12.9. The first-order valence-electron chi connectivity index (χ1n) is 7.21. The molecular weight excluding hydrogens is 346 g/mol. The maximum Gasteiger partial charge on any atom is 0.332 e. The van der Waals surface area contributed by atoms with Crippen LogP contribution in [-0.2, 0) is 9.53 Å². The molecule has 1 aliphatic rings. The van der Waals surface area contributed by atoms with Gasteiger partial charge < -0.3 is 9.64 Å². The quantitative estimate of drug-likeness (QED) is 0.605. The van der Waals surface area contributed by atoms with Crippen molar-refractivity contribution in [3.05, 3.63) is 46.5 Å². The number of hydrogen-bond acceptors (Lipinski definition) is 3. The molecule has 1 aromatic rings. The van der Waals surface area contributed by atoms with Gasteiger partial charge in [0.05, 0.1) is 12.7 Å². The topological polar surface area (TPSA) is 46.6 Å². The highest BCUT2D eigenvalue weighted by Crippen LogP contribution is 2.37. The lowest BCUT2D eigenvalue weighted by atomic mass is 9.88. The van der Waals surface area contributed by atoms with Crippen LogP contribution < -0.4 is 0 Å². The molecule has 0 aromatic heterocycles. The maximum atomic E-state index is 12.9. The molecule has 1 atom stereocenters. The van der Waals surface area contributed by atoms with Gasteiger partial charge in [-0.25, -0.2) is 4.79 Å². The Morgan fingerprint density at radius 1 is 1.41 bits per heavy atom. The molecule has 1 heterocycles. The molecule has 0 saturated carbocycles. The summed E-state index contributed by atoms with van der Waals surface area (Å²) in [6.07, 6.45) is 1.80. The third kappa shape index (κ3) is 2.95. The van der Waals surface area contributed by atoms with Gasteiger partial charge >= 0.3 is 5.97 Å². The van der Waals surface area contributed by atoms with Crippen LogP contribution in [0, 0.1) is 0 Å². The number of nitrogens with zero attached hydrogens (tertiary/aromatic N) is 1. The summed E-state index contributed by atoms with van der Waals surface area (Å²) in [7, 11) is 1.36. The number of ether oxygens (including phenoxy) is 1. The Hall–Kier alpha value is -1.62. The van der Waals surface area contributed by atoms with Crippen LogP contribution in [0.15, 0.2) is 40.9 Å². The van der Waals surface area contributed by atoms with E-state index >= 15 is 0 Å². The van der Waals surface area contributed by atoms with Crippen LogP contribution in [0.3, 0.4) is 0 Å². The third-order valence-corrected chi connectivity index (χ3v) is 4.69. The number of carbonyl (C=O) groups excluding carboxylic acids is 2. The largest absolute Gasteiger partial charge is 0.467 e. The van der Waals surface area contributed by atoms with Gasteiger partial charge in [0.25, 0.3) is 5.91 Å². The molecule has 1 aromatic carbocycles. The predicted octanol–water partition coefficient (Wildman–Crippen LogP) is 3.56. The standard InChI is InChI=1S/C17H20BrNO3/c1-12(2)11-17(16(21)22-3)9-6-10-19(17)15(20)13-7-4-5-8-14(13)18/h4-5,7-8H,1,6,9-11H2,2-3H3. The Kier molecular flexibility index (Phi) is 5.06. The molecule has 0 N–H and O–H groups in total. The first kappa shape index (κ1) is 16.7. The van der Waals surface area contributed by atoms with Crippen LogP contribution in [0.4, 0.5) is 0 Å². The summed E-state index contributed by atoms with van der Waals surface area (Å²) >= 11 is 3.41. The molecule has 1 saturated heterocycles. The number of esters is 1. The van der Waals surface area contributed by atoms with Gasteiger partial charge in [-0.15, -0.1) is 6.58 Å². The van der Waals surface area contributed by atoms with Crippen LogP contribution in [0.5, 0.6) is 0 Å². The van der Waals surface area contributed by atoms with Crippen molar-refractivity contribution < 1.29 is 14.3 Å². The molecule has 0 aliphatic carbocycles. The highest BCUT2D eigenvalue weighted by molar-refractivity contribution is 9.10. The Labute approximate surface area is 139 Å². The normalized spacial score (nSPS) is 20.8. The zero-order chi connectivity index (χ0) is 16.3. The second kappa shape index (κ2) is 6.65. The molecule has 0 radical (unpaired) electrons. The van der Waals surface area contributed by atoms with Gasteiger partial charge in [0.2, 0.25) is 0 Å². The van der Waals surface area contributed by atoms with Gasteiger partial charge in [-0.2, -0.15) is 0 Å². The molecule has 0 bridgehead atoms. The fourth-order valence-electron chi connectivity index (χ4n) is 3.11. The smallest absolute Gasteiger partial charge is 0.332 e. The molecule has 0 spiro atoms. The molecule has 5 heteroatoms. The second-order valence-electron chi connectivity index (χ2n) is 5.70. The minimum atomic E-state index is -0.938. The van der Waals surface area contributed by atoms with E-state index < -0.39 is 5.54 Å². The van der Waals surface area contributed by atoms with E-state index in [-0.39, 0.29) is 11.9 Å². The number of benzene rings is 1. The molecular formula is C17H20BrNO3. The molecule has 1 amide bonds. The van der Waals surface area contributed by atoms with Gasteiger partial charge in [-0.3, -0.25) is 4.79 Å². The van der Waals surface area contributed by atoms with Crippen LogP contribution in [0.1, 0.15) is 36.5 Å². The lowest BCUT2D eigenvalue weighted by Crippen LogP contribution is -2.53. The number of halogens is 1. The third-order valence-electron chi connectivity index (χ3n) is 4.00. The van der Waals surface area contributed by atoms with Crippen molar-refractivity contribution in [2.45, 2.75) is 31.7 Å². The zero-order valence-corrected chi connectivity index (χ0v) is 14.5. The summed E-state index contributed by atoms with van der Waals surface area (Å²) in [6, 6.07) is 7.24. The lowest BCUT2D eigenvalue weighted by molar-refractivity contribution is -0.152. The second-order valence-corrected chi connectivity index (χ2v) is 6.55. The van der Waals surface area contributed by atoms with E-state index in [1.54, 1.807) is 11.0 Å². The Morgan fingerprint density at radius 3 is 2.68 bits per heavy atom. The average molecular weight is 366 g/mol. The van der Waals surface area contributed by atoms with Crippen molar-refractivity contribution in [2.24, 2.45) is 0 Å². The van der Waals surface area contributed by atoms with Gasteiger partial charge in [0, 0.05) is 17.4 Å². The summed E-state index contributed by atoms with van der Waals surface area (Å²) in [5, 5.41) is 0. The number of hydrogen-bond donors (Lipinski definition) is 0. The van der Waals surface area contributed by atoms with Gasteiger partial charge in [-0.1, -0.05) is 17.7 Å². The Morgan fingerprint density at radius 2 is 2.09 bits per heavy atom. The van der Waals surface area contributed by atoms with Crippen LogP contribution in [0.25, 0.3) is 0 Å². The Balaban J connectivity index is 2.43. The number of rotatable bonds is 4. The number of amides is 1. The van der Waals surface area contributed by atoms with E-state index in [1.807, 2.05) is 25.1 Å². The van der Waals surface area contributed by atoms with E-state index in [4.69, 9.17) is 4.74 Å². The lowest BCUT2D eigenvalue weighted by Gasteiger charge is -2.36. The fourth-order valence-corrected chi connectivity index (χ4v) is 3.57. The summed E-state index contributed by atoms with van der Waals surface area (Å²) in [4.78, 5) is 27.0. The van der Waals surface area contributed by atoms with Gasteiger partial charge in [0.1, 0.15) is 5.54 Å². The molecule has 2 rings (SSSR count). The fraction of sp³-hybridized carbons (Fsp3) is 0.412. The van der Waals surface area contributed by atoms with E-state index in [1.165, 1.54) is 7.11 Å². The van der Waals surface area contributed by atoms with Crippen molar-refractivity contribution in [1.82, 2.24) is 4.90 Å². The predicted molar refractivity (Wildman–Crippen MR) is 88.6 cm³/mol. The first-order valence-corrected chi connectivity index (χ1v) is 8.01. The van der Waals surface area contributed by atoms with Gasteiger partial charge in [0.15, 0.2) is 0 Å². The molecule has 1 unspecified atom stereocenters. The summed E-state index contributed by atoms with van der Waals surface area (Å²) < 4.78 is 5.72. The minimum absolute atomic E-state index is 0.156. The van der Waals surface area contributed by atoms with Crippen molar-refractivity contribution in [3.63, 3.8) is 0 Å². The Bertz CT molecular complexity index is 614. The van der Waals surface area contributed by atoms with Crippen LogP contribution >= 0.6 is 15.9 Å². The van der Waals surface area contributed by atoms with Crippen molar-refractivity contribution in [2.75, 3.05) is 13.7 Å². The van der Waals surface area contributed by atoms with Crippen molar-refractivity contribution in [1.29, 1.82) is 0 Å². The molecule has 4 nitrogen and oxygen atoms in total. The van der Waals surface area contributed by atoms with E-state index in [0.29, 0.717) is 24.9 Å². The summed E-state index contributed by atoms with van der Waals surface area (Å²) in [5.41, 5.74) is 0.476. The highest BCUT2D eigenvalue weighted by atomic mass is 79.9. The average Bonchev–Trinajstić information content (AvgIpc) is 2.90. The van der Waals surface area contributed by atoms with Crippen molar-refractivity contribution >= 4 is 27.8 Å². The SMILES string of the molecule is C=C(C)CC1(C(=O)OC)CCCN1C(=O)c1ccccc1Br. The zero-order valence-electron chi connectivity index (χ0n) is 12.9. The minimum Gasteiger partial charge on any atom is -0.467 e.